The number of hydrogen-bond donors (Lipinski definition) is 3. The minimum Gasteiger partial charge on any atom is -0.395 e. The van der Waals surface area contributed by atoms with Crippen molar-refractivity contribution in [2.24, 2.45) is 0 Å². The Labute approximate surface area is 104 Å². The first-order valence-corrected chi connectivity index (χ1v) is 5.66. The van der Waals surface area contributed by atoms with E-state index >= 15 is 0 Å². The Kier molecular flexibility index (Phi) is 3.05. The highest BCUT2D eigenvalue weighted by atomic mass is 16.2. The zero-order valence-electron chi connectivity index (χ0n) is 10.6. The van der Waals surface area contributed by atoms with Crippen molar-refractivity contribution < 1.29 is 4.79 Å². The van der Waals surface area contributed by atoms with Crippen LogP contribution in [-0.4, -0.2) is 25.9 Å². The summed E-state index contributed by atoms with van der Waals surface area (Å²) in [5, 5.41) is 13.4. The molecule has 0 spiro atoms. The summed E-state index contributed by atoms with van der Waals surface area (Å²) in [4.78, 5) is 11.9. The van der Waals surface area contributed by atoms with Gasteiger partial charge < -0.3 is 11.1 Å². The highest BCUT2D eigenvalue weighted by molar-refractivity contribution is 6.06. The number of carbonyl (C=O) groups is 1. The van der Waals surface area contributed by atoms with E-state index in [2.05, 4.69) is 20.6 Å². The maximum absolute atomic E-state index is 11.9. The van der Waals surface area contributed by atoms with Crippen molar-refractivity contribution in [1.82, 2.24) is 20.0 Å². The molecule has 0 radical (unpaired) electrons. The fraction of sp³-hybridized carbons (Fsp3) is 0.364. The molecule has 0 fully saturated rings. The number of aryl methyl sites for hydroxylation is 1. The predicted molar refractivity (Wildman–Crippen MR) is 68.3 cm³/mol. The number of amides is 1. The number of rotatable bonds is 3. The molecule has 0 bridgehead atoms. The van der Waals surface area contributed by atoms with Crippen molar-refractivity contribution in [2.45, 2.75) is 26.8 Å². The second-order valence-corrected chi connectivity index (χ2v) is 4.34. The Morgan fingerprint density at radius 2 is 2.28 bits per heavy atom. The number of H-pyrrole nitrogens is 1. The van der Waals surface area contributed by atoms with Crippen LogP contribution < -0.4 is 11.1 Å². The van der Waals surface area contributed by atoms with E-state index in [4.69, 9.17) is 5.73 Å². The number of aromatic amines is 1. The first kappa shape index (κ1) is 12.2. The average Bonchev–Trinajstić information content (AvgIpc) is 2.88. The van der Waals surface area contributed by atoms with Gasteiger partial charge in [-0.15, -0.1) is 0 Å². The van der Waals surface area contributed by atoms with Gasteiger partial charge in [-0.05, 0) is 20.8 Å². The Morgan fingerprint density at radius 3 is 2.78 bits per heavy atom. The number of hydrogen-bond acceptors (Lipinski definition) is 4. The molecule has 0 atom stereocenters. The van der Waals surface area contributed by atoms with Crippen LogP contribution in [0.25, 0.3) is 0 Å². The number of anilines is 2. The topological polar surface area (TPSA) is 102 Å². The minimum atomic E-state index is -0.370. The number of aromatic nitrogens is 4. The van der Waals surface area contributed by atoms with E-state index < -0.39 is 0 Å². The molecule has 2 aromatic heterocycles. The largest absolute Gasteiger partial charge is 0.395 e. The third-order valence-corrected chi connectivity index (χ3v) is 2.59. The fourth-order valence-corrected chi connectivity index (χ4v) is 1.48. The number of carbonyl (C=O) groups excluding carboxylic acids is 1. The monoisotopic (exact) mass is 248 g/mol. The smallest absolute Gasteiger partial charge is 0.279 e. The van der Waals surface area contributed by atoms with Gasteiger partial charge in [0.15, 0.2) is 11.5 Å². The Bertz CT molecular complexity index is 568. The molecule has 4 N–H and O–H groups in total. The zero-order chi connectivity index (χ0) is 13.3. The molecule has 0 aromatic carbocycles. The van der Waals surface area contributed by atoms with E-state index in [0.717, 1.165) is 0 Å². The van der Waals surface area contributed by atoms with Crippen LogP contribution in [0.2, 0.25) is 0 Å². The molecule has 7 heteroatoms. The Balaban J connectivity index is 2.14. The first-order chi connectivity index (χ1) is 8.49. The van der Waals surface area contributed by atoms with Crippen LogP contribution in [-0.2, 0) is 0 Å². The van der Waals surface area contributed by atoms with E-state index in [-0.39, 0.29) is 17.6 Å². The predicted octanol–water partition coefficient (Wildman–Crippen LogP) is 1.33. The molecule has 96 valence electrons. The van der Waals surface area contributed by atoms with Crippen molar-refractivity contribution in [3.63, 3.8) is 0 Å². The van der Waals surface area contributed by atoms with Gasteiger partial charge in [-0.2, -0.15) is 10.2 Å². The summed E-state index contributed by atoms with van der Waals surface area (Å²) in [5.41, 5.74) is 6.95. The lowest BCUT2D eigenvalue weighted by molar-refractivity contribution is 0.102. The van der Waals surface area contributed by atoms with Crippen molar-refractivity contribution in [3.05, 3.63) is 23.7 Å². The summed E-state index contributed by atoms with van der Waals surface area (Å²) in [7, 11) is 0. The van der Waals surface area contributed by atoms with E-state index in [1.807, 2.05) is 13.8 Å². The van der Waals surface area contributed by atoms with E-state index in [1.54, 1.807) is 23.9 Å². The Morgan fingerprint density at radius 1 is 1.56 bits per heavy atom. The van der Waals surface area contributed by atoms with Crippen LogP contribution in [0.5, 0.6) is 0 Å². The Hall–Kier alpha value is -2.31. The van der Waals surface area contributed by atoms with Crippen molar-refractivity contribution in [1.29, 1.82) is 0 Å². The fourth-order valence-electron chi connectivity index (χ4n) is 1.48. The summed E-state index contributed by atoms with van der Waals surface area (Å²) < 4.78 is 1.76. The molecule has 2 heterocycles. The van der Waals surface area contributed by atoms with Gasteiger partial charge in [0.2, 0.25) is 0 Å². The maximum atomic E-state index is 11.9. The van der Waals surface area contributed by atoms with Crippen LogP contribution in [0.3, 0.4) is 0 Å². The first-order valence-electron chi connectivity index (χ1n) is 5.66. The third-order valence-electron chi connectivity index (χ3n) is 2.59. The number of nitrogens with two attached hydrogens (primary N) is 1. The molecule has 0 aliphatic rings. The number of nitrogen functional groups attached to an aromatic ring is 1. The van der Waals surface area contributed by atoms with Crippen LogP contribution in [0.1, 0.15) is 36.1 Å². The van der Waals surface area contributed by atoms with Gasteiger partial charge in [0, 0.05) is 18.3 Å². The molecule has 18 heavy (non-hydrogen) atoms. The van der Waals surface area contributed by atoms with Crippen LogP contribution in [0.15, 0.2) is 12.3 Å². The molecule has 7 nitrogen and oxygen atoms in total. The maximum Gasteiger partial charge on any atom is 0.279 e. The number of nitrogens with one attached hydrogen (secondary N) is 2. The van der Waals surface area contributed by atoms with Gasteiger partial charge >= 0.3 is 0 Å². The van der Waals surface area contributed by atoms with Gasteiger partial charge in [-0.25, -0.2) is 0 Å². The van der Waals surface area contributed by atoms with Crippen molar-refractivity contribution in [2.75, 3.05) is 11.1 Å². The van der Waals surface area contributed by atoms with Gasteiger partial charge in [0.1, 0.15) is 0 Å². The standard InChI is InChI=1S/C11H16N6O/c1-6(2)17-5-4-8(16-17)13-11(18)10-9(12)7(3)14-15-10/h4-6H,12H2,1-3H3,(H,14,15)(H,13,16,18). The highest BCUT2D eigenvalue weighted by Gasteiger charge is 2.16. The van der Waals surface area contributed by atoms with Gasteiger partial charge in [0.25, 0.3) is 5.91 Å². The molecular weight excluding hydrogens is 232 g/mol. The van der Waals surface area contributed by atoms with Gasteiger partial charge in [0.05, 0.1) is 11.4 Å². The molecule has 2 aromatic rings. The summed E-state index contributed by atoms with van der Waals surface area (Å²) in [5.74, 6) is 0.111. The average molecular weight is 248 g/mol. The molecule has 0 aliphatic heterocycles. The zero-order valence-corrected chi connectivity index (χ0v) is 10.6. The summed E-state index contributed by atoms with van der Waals surface area (Å²) in [6.45, 7) is 5.77. The number of nitrogens with zero attached hydrogens (tertiary/aromatic N) is 3. The highest BCUT2D eigenvalue weighted by Crippen LogP contribution is 2.15. The summed E-state index contributed by atoms with van der Waals surface area (Å²) >= 11 is 0. The SMILES string of the molecule is Cc1[nH]nc(C(=O)Nc2ccn(C(C)C)n2)c1N. The lowest BCUT2D eigenvalue weighted by Gasteiger charge is -2.04. The molecule has 1 amide bonds. The third kappa shape index (κ3) is 2.20. The lowest BCUT2D eigenvalue weighted by atomic mass is 10.3. The van der Waals surface area contributed by atoms with Crippen LogP contribution >= 0.6 is 0 Å². The minimum absolute atomic E-state index is 0.187. The second kappa shape index (κ2) is 4.52. The molecule has 2 rings (SSSR count). The summed E-state index contributed by atoms with van der Waals surface area (Å²) in [6.07, 6.45) is 1.80. The van der Waals surface area contributed by atoms with E-state index in [9.17, 15) is 4.79 Å². The molecule has 0 saturated heterocycles. The van der Waals surface area contributed by atoms with Crippen molar-refractivity contribution >= 4 is 17.4 Å². The van der Waals surface area contributed by atoms with Crippen LogP contribution in [0.4, 0.5) is 11.5 Å². The second-order valence-electron chi connectivity index (χ2n) is 4.34. The van der Waals surface area contributed by atoms with Gasteiger partial charge in [-0.3, -0.25) is 14.6 Å². The molecular formula is C11H16N6O. The molecule has 0 unspecified atom stereocenters. The van der Waals surface area contributed by atoms with Gasteiger partial charge in [-0.1, -0.05) is 0 Å². The van der Waals surface area contributed by atoms with Crippen molar-refractivity contribution in [3.8, 4) is 0 Å². The summed E-state index contributed by atoms with van der Waals surface area (Å²) in [6, 6.07) is 1.97. The van der Waals surface area contributed by atoms with Crippen LogP contribution in [0, 0.1) is 6.92 Å². The van der Waals surface area contributed by atoms with E-state index in [1.165, 1.54) is 0 Å². The molecule has 0 saturated carbocycles. The normalized spacial score (nSPS) is 10.9. The quantitative estimate of drug-likeness (QED) is 0.762. The van der Waals surface area contributed by atoms with E-state index in [0.29, 0.717) is 17.2 Å². The lowest BCUT2D eigenvalue weighted by Crippen LogP contribution is -2.15. The molecule has 0 aliphatic carbocycles.